The number of fused-ring (bicyclic) bond motifs is 1. The summed E-state index contributed by atoms with van der Waals surface area (Å²) in [5.41, 5.74) is 2.04. The number of rotatable bonds is 8. The molecule has 1 saturated heterocycles. The summed E-state index contributed by atoms with van der Waals surface area (Å²) in [6, 6.07) is 19.4. The second-order valence-electron chi connectivity index (χ2n) is 9.34. The molecule has 1 aliphatic heterocycles. The van der Waals surface area contributed by atoms with Gasteiger partial charge in [0.25, 0.3) is 5.91 Å². The number of carbonyl (C=O) groups is 1. The minimum absolute atomic E-state index is 0.0414. The van der Waals surface area contributed by atoms with Crippen LogP contribution in [0.2, 0.25) is 10.0 Å². The molecule has 39 heavy (non-hydrogen) atoms. The van der Waals surface area contributed by atoms with Gasteiger partial charge in [0.2, 0.25) is 5.43 Å². The van der Waals surface area contributed by atoms with Crippen molar-refractivity contribution in [1.29, 1.82) is 0 Å². The van der Waals surface area contributed by atoms with Gasteiger partial charge in [0, 0.05) is 58.1 Å². The molecule has 1 amide bonds. The third-order valence-electron chi connectivity index (χ3n) is 6.63. The maximum Gasteiger partial charge on any atom is 0.257 e. The molecule has 2 atom stereocenters. The maximum atomic E-state index is 13.6. The Morgan fingerprint density at radius 2 is 1.62 bits per heavy atom. The van der Waals surface area contributed by atoms with Gasteiger partial charge in [-0.1, -0.05) is 41.4 Å². The summed E-state index contributed by atoms with van der Waals surface area (Å²) in [6.07, 6.45) is 1.68. The summed E-state index contributed by atoms with van der Waals surface area (Å²) in [5, 5.41) is 3.57. The van der Waals surface area contributed by atoms with E-state index in [4.69, 9.17) is 27.9 Å². The van der Waals surface area contributed by atoms with Gasteiger partial charge < -0.3 is 15.0 Å². The van der Waals surface area contributed by atoms with Crippen molar-refractivity contribution in [2.45, 2.75) is 23.2 Å². The number of carbonyl (C=O) groups excluding carboxylic acids is 1. The monoisotopic (exact) mass is 583 g/mol. The first-order valence-corrected chi connectivity index (χ1v) is 14.5. The third-order valence-corrected chi connectivity index (χ3v) is 8.67. The number of pyridine rings is 1. The highest BCUT2D eigenvalue weighted by Crippen LogP contribution is 2.19. The molecular formula is C29H27Cl2N3O4S. The molecule has 1 aromatic heterocycles. The number of aromatic nitrogens is 1. The van der Waals surface area contributed by atoms with Crippen molar-refractivity contribution in [3.63, 3.8) is 0 Å². The zero-order valence-corrected chi connectivity index (χ0v) is 23.3. The van der Waals surface area contributed by atoms with Crippen LogP contribution in [-0.4, -0.2) is 51.7 Å². The van der Waals surface area contributed by atoms with E-state index in [0.29, 0.717) is 45.6 Å². The van der Waals surface area contributed by atoms with Crippen molar-refractivity contribution in [2.24, 2.45) is 0 Å². The highest BCUT2D eigenvalue weighted by Gasteiger charge is 2.24. The topological polar surface area (TPSA) is 91.5 Å². The van der Waals surface area contributed by atoms with Crippen molar-refractivity contribution in [1.82, 2.24) is 15.2 Å². The van der Waals surface area contributed by atoms with Crippen LogP contribution in [0.15, 0.2) is 82.6 Å². The molecule has 2 N–H and O–H groups in total. The molecule has 202 valence electrons. The quantitative estimate of drug-likeness (QED) is 0.311. The number of halogens is 2. The van der Waals surface area contributed by atoms with E-state index >= 15 is 0 Å². The van der Waals surface area contributed by atoms with E-state index in [9.17, 15) is 13.8 Å². The minimum atomic E-state index is -1.62. The molecule has 10 heteroatoms. The molecule has 0 bridgehead atoms. The third kappa shape index (κ3) is 6.77. The van der Waals surface area contributed by atoms with Gasteiger partial charge in [0.1, 0.15) is 10.9 Å². The average molecular weight is 585 g/mol. The Kier molecular flexibility index (Phi) is 8.79. The number of morpholine rings is 1. The highest BCUT2D eigenvalue weighted by molar-refractivity contribution is 7.85. The smallest absolute Gasteiger partial charge is 0.257 e. The first-order valence-electron chi connectivity index (χ1n) is 12.5. The van der Waals surface area contributed by atoms with Gasteiger partial charge in [-0.05, 0) is 59.7 Å². The summed E-state index contributed by atoms with van der Waals surface area (Å²) in [4.78, 5) is 32.7. The number of nitrogens with zero attached hydrogens (tertiary/aromatic N) is 1. The van der Waals surface area contributed by atoms with E-state index in [2.05, 4.69) is 15.2 Å². The molecule has 0 spiro atoms. The lowest BCUT2D eigenvalue weighted by atomic mass is 10.1. The summed E-state index contributed by atoms with van der Waals surface area (Å²) in [7, 11) is -1.62. The van der Waals surface area contributed by atoms with Crippen molar-refractivity contribution in [3.05, 3.63) is 110 Å². The number of amides is 1. The van der Waals surface area contributed by atoms with E-state index in [-0.39, 0.29) is 17.4 Å². The number of nitrogens with one attached hydrogen (secondary N) is 2. The molecule has 2 heterocycles. The standard InChI is InChI=1S/C29H27Cl2N3O4S/c30-21-4-1-19(2-5-21)16-27(39(37)23-8-6-22(31)7-9-23)33-29(36)25-17-32-26-10-3-20(15-24(26)28(25)35)18-34-11-13-38-14-12-34/h1-10,15,17,27H,11-14,16,18H2,(H,32,35)(H,33,36). The fourth-order valence-corrected chi connectivity index (χ4v) is 6.06. The number of benzene rings is 3. The molecule has 1 fully saturated rings. The van der Waals surface area contributed by atoms with Crippen LogP contribution >= 0.6 is 23.2 Å². The molecule has 0 aliphatic carbocycles. The number of H-pyrrole nitrogens is 1. The van der Waals surface area contributed by atoms with Crippen LogP contribution in [-0.2, 0) is 28.5 Å². The fraction of sp³-hybridized carbons (Fsp3) is 0.241. The fourth-order valence-electron chi connectivity index (χ4n) is 4.52. The lowest BCUT2D eigenvalue weighted by Gasteiger charge is -2.26. The van der Waals surface area contributed by atoms with Crippen LogP contribution in [0.5, 0.6) is 0 Å². The van der Waals surface area contributed by atoms with Crippen LogP contribution in [0.3, 0.4) is 0 Å². The Morgan fingerprint density at radius 1 is 0.974 bits per heavy atom. The SMILES string of the molecule is O=C(NC(Cc1ccc(Cl)cc1)S(=O)c1ccc(Cl)cc1)c1c[nH]c2ccc(CN3CCOCC3)cc2c1=O. The van der Waals surface area contributed by atoms with E-state index in [1.54, 1.807) is 36.4 Å². The highest BCUT2D eigenvalue weighted by atomic mass is 35.5. The Bertz CT molecular complexity index is 1550. The Hall–Kier alpha value is -3.01. The molecular weight excluding hydrogens is 557 g/mol. The van der Waals surface area contributed by atoms with Crippen LogP contribution in [0.1, 0.15) is 21.5 Å². The largest absolute Gasteiger partial charge is 0.379 e. The van der Waals surface area contributed by atoms with Crippen LogP contribution in [0.25, 0.3) is 10.9 Å². The van der Waals surface area contributed by atoms with Crippen molar-refractivity contribution >= 4 is 50.8 Å². The van der Waals surface area contributed by atoms with Crippen molar-refractivity contribution in [3.8, 4) is 0 Å². The number of aromatic amines is 1. The lowest BCUT2D eigenvalue weighted by molar-refractivity contribution is 0.0342. The first kappa shape index (κ1) is 27.6. The summed E-state index contributed by atoms with van der Waals surface area (Å²) in [5.74, 6) is -0.599. The zero-order chi connectivity index (χ0) is 27.4. The van der Waals surface area contributed by atoms with Crippen molar-refractivity contribution in [2.75, 3.05) is 26.3 Å². The van der Waals surface area contributed by atoms with Gasteiger partial charge in [0.05, 0.1) is 24.0 Å². The van der Waals surface area contributed by atoms with Crippen LogP contribution in [0, 0.1) is 0 Å². The Morgan fingerprint density at radius 3 is 2.31 bits per heavy atom. The average Bonchev–Trinajstić information content (AvgIpc) is 2.95. The van der Waals surface area contributed by atoms with Gasteiger partial charge in [-0.2, -0.15) is 0 Å². The summed E-state index contributed by atoms with van der Waals surface area (Å²) < 4.78 is 19.0. The second-order valence-corrected chi connectivity index (χ2v) is 11.9. The van der Waals surface area contributed by atoms with E-state index < -0.39 is 22.1 Å². The summed E-state index contributed by atoms with van der Waals surface area (Å²) in [6.45, 7) is 3.73. The van der Waals surface area contributed by atoms with E-state index in [0.717, 1.165) is 24.2 Å². The van der Waals surface area contributed by atoms with Crippen molar-refractivity contribution < 1.29 is 13.7 Å². The van der Waals surface area contributed by atoms with E-state index in [1.807, 2.05) is 30.3 Å². The number of hydrogen-bond acceptors (Lipinski definition) is 5. The molecule has 5 rings (SSSR count). The first-order chi connectivity index (χ1) is 18.9. The van der Waals surface area contributed by atoms with Gasteiger partial charge in [0.15, 0.2) is 0 Å². The molecule has 2 unspecified atom stereocenters. The molecule has 0 saturated carbocycles. The molecule has 7 nitrogen and oxygen atoms in total. The predicted molar refractivity (Wildman–Crippen MR) is 155 cm³/mol. The number of hydrogen-bond donors (Lipinski definition) is 2. The number of ether oxygens (including phenoxy) is 1. The second kappa shape index (κ2) is 12.4. The Balaban J connectivity index is 1.42. The minimum Gasteiger partial charge on any atom is -0.379 e. The van der Waals surface area contributed by atoms with Crippen LogP contribution in [0.4, 0.5) is 0 Å². The molecule has 3 aromatic carbocycles. The van der Waals surface area contributed by atoms with Gasteiger partial charge >= 0.3 is 0 Å². The normalized spacial score (nSPS) is 15.6. The summed E-state index contributed by atoms with van der Waals surface area (Å²) >= 11 is 12.0. The van der Waals surface area contributed by atoms with Gasteiger partial charge in [-0.15, -0.1) is 0 Å². The Labute approximate surface area is 238 Å². The van der Waals surface area contributed by atoms with Gasteiger partial charge in [-0.25, -0.2) is 0 Å². The maximum absolute atomic E-state index is 13.6. The van der Waals surface area contributed by atoms with Crippen LogP contribution < -0.4 is 10.7 Å². The molecule has 0 radical (unpaired) electrons. The lowest BCUT2D eigenvalue weighted by Crippen LogP contribution is -2.41. The van der Waals surface area contributed by atoms with Gasteiger partial charge in [-0.3, -0.25) is 18.7 Å². The zero-order valence-electron chi connectivity index (χ0n) is 21.0. The predicted octanol–water partition coefficient (Wildman–Crippen LogP) is 4.77. The van der Waals surface area contributed by atoms with E-state index in [1.165, 1.54) is 6.20 Å². The molecule has 4 aromatic rings. The molecule has 1 aliphatic rings.